The standard InChI is InChI=1S/C4H6O2.C3H9O3P/c1-3(2)4(5)6;1-2-3-7(4,5)6/h1H2,2H3,(H,5,6);2-3H2,1H3,(H2,4,5,6). The Labute approximate surface area is 77.3 Å². The van der Waals surface area contributed by atoms with Gasteiger partial charge in [0, 0.05) is 11.7 Å². The SMILES string of the molecule is C=C(C)C(=O)O.CCCP(=O)(O)O. The van der Waals surface area contributed by atoms with Crippen LogP contribution < -0.4 is 0 Å². The van der Waals surface area contributed by atoms with Crippen LogP contribution in [-0.4, -0.2) is 27.0 Å². The average molecular weight is 210 g/mol. The first-order chi connectivity index (χ1) is 5.70. The highest BCUT2D eigenvalue weighted by Gasteiger charge is 2.08. The van der Waals surface area contributed by atoms with Crippen LogP contribution in [0.15, 0.2) is 12.2 Å². The molecule has 0 aromatic carbocycles. The van der Waals surface area contributed by atoms with E-state index in [4.69, 9.17) is 14.9 Å². The van der Waals surface area contributed by atoms with Crippen LogP contribution in [0, 0.1) is 0 Å². The number of rotatable bonds is 3. The molecule has 0 aliphatic carbocycles. The van der Waals surface area contributed by atoms with Crippen LogP contribution in [0.3, 0.4) is 0 Å². The van der Waals surface area contributed by atoms with E-state index in [1.807, 2.05) is 0 Å². The first-order valence-corrected chi connectivity index (χ1v) is 5.43. The fraction of sp³-hybridized carbons (Fsp3) is 0.571. The third-order valence-corrected chi connectivity index (χ3v) is 1.91. The molecule has 0 heterocycles. The molecule has 0 amide bonds. The van der Waals surface area contributed by atoms with E-state index in [1.165, 1.54) is 6.92 Å². The van der Waals surface area contributed by atoms with E-state index in [0.717, 1.165) is 0 Å². The molecule has 6 heteroatoms. The topological polar surface area (TPSA) is 94.8 Å². The van der Waals surface area contributed by atoms with Crippen molar-refractivity contribution in [2.45, 2.75) is 20.3 Å². The first kappa shape index (κ1) is 14.9. The Kier molecular flexibility index (Phi) is 7.81. The number of hydrogen-bond acceptors (Lipinski definition) is 2. The van der Waals surface area contributed by atoms with E-state index in [-0.39, 0.29) is 11.7 Å². The van der Waals surface area contributed by atoms with Crippen molar-refractivity contribution in [3.63, 3.8) is 0 Å². The van der Waals surface area contributed by atoms with E-state index in [2.05, 4.69) is 6.58 Å². The van der Waals surface area contributed by atoms with Crippen molar-refractivity contribution in [1.29, 1.82) is 0 Å². The van der Waals surface area contributed by atoms with Gasteiger partial charge in [-0.25, -0.2) is 4.79 Å². The van der Waals surface area contributed by atoms with E-state index in [9.17, 15) is 9.36 Å². The van der Waals surface area contributed by atoms with Crippen LogP contribution in [0.25, 0.3) is 0 Å². The van der Waals surface area contributed by atoms with Crippen molar-refractivity contribution in [3.8, 4) is 0 Å². The molecule has 0 aromatic rings. The van der Waals surface area contributed by atoms with Crippen molar-refractivity contribution >= 4 is 13.6 Å². The molecule has 78 valence electrons. The lowest BCUT2D eigenvalue weighted by molar-refractivity contribution is -0.132. The minimum Gasteiger partial charge on any atom is -0.478 e. The molecule has 0 saturated heterocycles. The Morgan fingerprint density at radius 1 is 1.46 bits per heavy atom. The Morgan fingerprint density at radius 3 is 1.77 bits per heavy atom. The molecular formula is C7H15O5P. The zero-order valence-electron chi connectivity index (χ0n) is 7.73. The van der Waals surface area contributed by atoms with Crippen molar-refractivity contribution < 1.29 is 24.3 Å². The van der Waals surface area contributed by atoms with E-state index < -0.39 is 13.6 Å². The Balaban J connectivity index is 0. The minimum absolute atomic E-state index is 0.00694. The van der Waals surface area contributed by atoms with Gasteiger partial charge >= 0.3 is 13.6 Å². The van der Waals surface area contributed by atoms with E-state index in [0.29, 0.717) is 6.42 Å². The second kappa shape index (κ2) is 6.83. The minimum atomic E-state index is -3.67. The molecule has 0 atom stereocenters. The largest absolute Gasteiger partial charge is 0.478 e. The van der Waals surface area contributed by atoms with Crippen molar-refractivity contribution in [1.82, 2.24) is 0 Å². The molecule has 0 bridgehead atoms. The van der Waals surface area contributed by atoms with E-state index >= 15 is 0 Å². The fourth-order valence-electron chi connectivity index (χ4n) is 0.291. The molecule has 3 N–H and O–H groups in total. The van der Waals surface area contributed by atoms with Crippen molar-refractivity contribution in [3.05, 3.63) is 12.2 Å². The van der Waals surface area contributed by atoms with Gasteiger partial charge in [-0.2, -0.15) is 0 Å². The normalized spacial score (nSPS) is 9.85. The van der Waals surface area contributed by atoms with Gasteiger partial charge in [0.1, 0.15) is 0 Å². The summed E-state index contributed by atoms with van der Waals surface area (Å²) in [5, 5.41) is 7.89. The molecule has 0 radical (unpaired) electrons. The highest BCUT2D eigenvalue weighted by molar-refractivity contribution is 7.51. The summed E-state index contributed by atoms with van der Waals surface area (Å²) in [6.45, 7) is 6.34. The quantitative estimate of drug-likeness (QED) is 0.481. The number of aliphatic carboxylic acids is 1. The Bertz CT molecular complexity index is 205. The molecule has 5 nitrogen and oxygen atoms in total. The molecule has 0 saturated carbocycles. The number of carbonyl (C=O) groups is 1. The average Bonchev–Trinajstić information content (AvgIpc) is 1.85. The van der Waals surface area contributed by atoms with Gasteiger partial charge in [-0.15, -0.1) is 0 Å². The fourth-order valence-corrected chi connectivity index (χ4v) is 0.874. The maximum Gasteiger partial charge on any atom is 0.330 e. The summed E-state index contributed by atoms with van der Waals surface area (Å²) in [7, 11) is -3.67. The predicted octanol–water partition coefficient (Wildman–Crippen LogP) is 1.22. The van der Waals surface area contributed by atoms with Crippen LogP contribution in [0.4, 0.5) is 0 Å². The number of carboxylic acids is 1. The highest BCUT2D eigenvalue weighted by atomic mass is 31.2. The van der Waals surface area contributed by atoms with Gasteiger partial charge in [0.05, 0.1) is 0 Å². The van der Waals surface area contributed by atoms with Crippen LogP contribution in [0.1, 0.15) is 20.3 Å². The first-order valence-electron chi connectivity index (χ1n) is 3.64. The van der Waals surface area contributed by atoms with Gasteiger partial charge < -0.3 is 14.9 Å². The highest BCUT2D eigenvalue weighted by Crippen LogP contribution is 2.34. The van der Waals surface area contributed by atoms with Gasteiger partial charge in [-0.3, -0.25) is 4.57 Å². The lowest BCUT2D eigenvalue weighted by Crippen LogP contribution is -1.92. The molecule has 0 aliphatic rings. The maximum absolute atomic E-state index is 9.93. The zero-order valence-corrected chi connectivity index (χ0v) is 8.62. The molecule has 0 spiro atoms. The maximum atomic E-state index is 9.93. The number of hydrogen-bond donors (Lipinski definition) is 3. The third kappa shape index (κ3) is 18.4. The summed E-state index contributed by atoms with van der Waals surface area (Å²) in [6, 6.07) is 0. The van der Waals surface area contributed by atoms with Gasteiger partial charge in [0.15, 0.2) is 0 Å². The lowest BCUT2D eigenvalue weighted by atomic mass is 10.4. The van der Waals surface area contributed by atoms with Crippen LogP contribution in [0.2, 0.25) is 0 Å². The summed E-state index contributed by atoms with van der Waals surface area (Å²) < 4.78 is 9.93. The summed E-state index contributed by atoms with van der Waals surface area (Å²) in [5.74, 6) is -0.935. The van der Waals surface area contributed by atoms with Gasteiger partial charge in [-0.1, -0.05) is 13.5 Å². The third-order valence-electron chi connectivity index (χ3n) is 0.880. The zero-order chi connectivity index (χ0) is 11.1. The second-order valence-electron chi connectivity index (χ2n) is 2.47. The van der Waals surface area contributed by atoms with Gasteiger partial charge in [0.2, 0.25) is 0 Å². The Morgan fingerprint density at radius 2 is 1.77 bits per heavy atom. The Hall–Kier alpha value is -0.640. The summed E-state index contributed by atoms with van der Waals surface area (Å²) in [6.07, 6.45) is 0.553. The molecule has 0 rings (SSSR count). The molecule has 0 aliphatic heterocycles. The molecule has 0 fully saturated rings. The number of carboxylic acid groups (broad SMARTS) is 1. The summed E-state index contributed by atoms with van der Waals surface area (Å²) in [4.78, 5) is 25.9. The predicted molar refractivity (Wildman–Crippen MR) is 49.7 cm³/mol. The van der Waals surface area contributed by atoms with Crippen molar-refractivity contribution in [2.24, 2.45) is 0 Å². The summed E-state index contributed by atoms with van der Waals surface area (Å²) in [5.41, 5.74) is 0.176. The van der Waals surface area contributed by atoms with Gasteiger partial charge in [-0.05, 0) is 13.3 Å². The molecule has 0 unspecified atom stereocenters. The lowest BCUT2D eigenvalue weighted by Gasteiger charge is -1.96. The van der Waals surface area contributed by atoms with Crippen LogP contribution in [0.5, 0.6) is 0 Å². The van der Waals surface area contributed by atoms with E-state index in [1.54, 1.807) is 6.92 Å². The smallest absolute Gasteiger partial charge is 0.330 e. The summed E-state index contributed by atoms with van der Waals surface area (Å²) >= 11 is 0. The monoisotopic (exact) mass is 210 g/mol. The molecule has 13 heavy (non-hydrogen) atoms. The molecular weight excluding hydrogens is 195 g/mol. The van der Waals surface area contributed by atoms with Crippen molar-refractivity contribution in [2.75, 3.05) is 6.16 Å². The van der Waals surface area contributed by atoms with Gasteiger partial charge in [0.25, 0.3) is 0 Å². The molecule has 0 aromatic heterocycles. The second-order valence-corrected chi connectivity index (χ2v) is 4.25. The van der Waals surface area contributed by atoms with Crippen LogP contribution >= 0.6 is 7.60 Å². The van der Waals surface area contributed by atoms with Crippen LogP contribution in [-0.2, 0) is 9.36 Å².